The highest BCUT2D eigenvalue weighted by molar-refractivity contribution is 7.92. The number of benzene rings is 3. The third-order valence-electron chi connectivity index (χ3n) is 5.72. The number of sulfonamides is 1. The molecule has 0 atom stereocenters. The Kier molecular flexibility index (Phi) is 6.98. The maximum atomic E-state index is 13.3. The van der Waals surface area contributed by atoms with Gasteiger partial charge in [-0.05, 0) is 86.2 Å². The van der Waals surface area contributed by atoms with Crippen LogP contribution in [0.3, 0.4) is 0 Å². The van der Waals surface area contributed by atoms with E-state index in [1.807, 2.05) is 19.9 Å². The zero-order valence-electron chi connectivity index (χ0n) is 19.1. The number of aryl methyl sites for hydroxylation is 2. The van der Waals surface area contributed by atoms with Crippen molar-refractivity contribution in [2.75, 3.05) is 11.3 Å². The Morgan fingerprint density at radius 2 is 1.52 bits per heavy atom. The van der Waals surface area contributed by atoms with Crippen LogP contribution >= 0.6 is 0 Å². The maximum Gasteiger partial charge on any atom is 0.262 e. The van der Waals surface area contributed by atoms with Crippen LogP contribution in [-0.4, -0.2) is 31.1 Å². The van der Waals surface area contributed by atoms with Crippen LogP contribution in [0.4, 0.5) is 5.69 Å². The number of hydrogen-bond donors (Lipinski definition) is 4. The van der Waals surface area contributed by atoms with E-state index in [1.165, 1.54) is 12.1 Å². The average Bonchev–Trinajstić information content (AvgIpc) is 2.75. The molecule has 0 bridgehead atoms. The number of nitrogens with one attached hydrogen (secondary N) is 2. The molecule has 8 heteroatoms. The predicted octanol–water partition coefficient (Wildman–Crippen LogP) is 4.10. The number of aromatic hydroxyl groups is 2. The van der Waals surface area contributed by atoms with Crippen LogP contribution in [0.1, 0.15) is 38.2 Å². The number of hydrogen-bond acceptors (Lipinski definition) is 5. The third-order valence-corrected chi connectivity index (χ3v) is 7.36. The number of phenols is 2. The van der Waals surface area contributed by atoms with Crippen LogP contribution < -0.4 is 10.0 Å². The van der Waals surface area contributed by atoms with E-state index in [0.29, 0.717) is 17.5 Å². The van der Waals surface area contributed by atoms with Gasteiger partial charge in [0.2, 0.25) is 0 Å². The first kappa shape index (κ1) is 24.1. The second kappa shape index (κ2) is 9.54. The third kappa shape index (κ3) is 5.28. The summed E-state index contributed by atoms with van der Waals surface area (Å²) < 4.78 is 29.2. The number of phenolic OH excluding ortho intramolecular Hbond substituents is 2. The number of amides is 1. The van der Waals surface area contributed by atoms with Crippen molar-refractivity contribution in [3.63, 3.8) is 0 Å². The molecule has 33 heavy (non-hydrogen) atoms. The van der Waals surface area contributed by atoms with Gasteiger partial charge in [-0.25, -0.2) is 8.42 Å². The molecule has 0 saturated heterocycles. The van der Waals surface area contributed by atoms with E-state index in [2.05, 4.69) is 10.0 Å². The van der Waals surface area contributed by atoms with Crippen LogP contribution in [0.2, 0.25) is 0 Å². The minimum Gasteiger partial charge on any atom is -0.504 e. The Bertz CT molecular complexity index is 1290. The number of rotatable bonds is 7. The molecule has 0 aliphatic carbocycles. The molecule has 0 saturated carbocycles. The van der Waals surface area contributed by atoms with Crippen LogP contribution in [0.25, 0.3) is 0 Å². The highest BCUT2D eigenvalue weighted by atomic mass is 32.2. The standard InChI is InChI=1S/C25H28N2O5S/c1-15-13-16(2)18(4)24(17(15)3)33(31,32)27-21-8-6-5-7-20(21)25(30)26-12-11-19-9-10-22(28)23(29)14-19/h5-10,13-14,27-29H,11-12H2,1-4H3,(H,26,30). The summed E-state index contributed by atoms with van der Waals surface area (Å²) >= 11 is 0. The monoisotopic (exact) mass is 468 g/mol. The van der Waals surface area contributed by atoms with Crippen LogP contribution in [0, 0.1) is 27.7 Å². The zero-order valence-corrected chi connectivity index (χ0v) is 19.9. The smallest absolute Gasteiger partial charge is 0.262 e. The van der Waals surface area contributed by atoms with E-state index in [4.69, 9.17) is 0 Å². The summed E-state index contributed by atoms with van der Waals surface area (Å²) in [7, 11) is -3.93. The fourth-order valence-corrected chi connectivity index (χ4v) is 5.39. The lowest BCUT2D eigenvalue weighted by Gasteiger charge is -2.18. The van der Waals surface area contributed by atoms with Crippen LogP contribution in [0.15, 0.2) is 53.4 Å². The number of anilines is 1. The summed E-state index contributed by atoms with van der Waals surface area (Å²) in [6, 6.07) is 12.9. The molecule has 0 fully saturated rings. The molecule has 0 unspecified atom stereocenters. The molecule has 0 aromatic heterocycles. The molecule has 4 N–H and O–H groups in total. The predicted molar refractivity (Wildman–Crippen MR) is 128 cm³/mol. The molecule has 0 heterocycles. The van der Waals surface area contributed by atoms with E-state index < -0.39 is 15.9 Å². The first-order valence-corrected chi connectivity index (χ1v) is 12.0. The Hall–Kier alpha value is -3.52. The fraction of sp³-hybridized carbons (Fsp3) is 0.240. The molecular formula is C25H28N2O5S. The van der Waals surface area contributed by atoms with Gasteiger partial charge < -0.3 is 15.5 Å². The second-order valence-electron chi connectivity index (χ2n) is 8.07. The van der Waals surface area contributed by atoms with Gasteiger partial charge in [-0.15, -0.1) is 0 Å². The minimum absolute atomic E-state index is 0.190. The quantitative estimate of drug-likeness (QED) is 0.390. The number of carbonyl (C=O) groups excluding carboxylic acids is 1. The van der Waals surface area contributed by atoms with Gasteiger partial charge >= 0.3 is 0 Å². The summed E-state index contributed by atoms with van der Waals surface area (Å²) in [6.07, 6.45) is 0.425. The van der Waals surface area contributed by atoms with Gasteiger partial charge in [-0.3, -0.25) is 9.52 Å². The molecule has 174 valence electrons. The van der Waals surface area contributed by atoms with Crippen molar-refractivity contribution in [1.29, 1.82) is 0 Å². The van der Waals surface area contributed by atoms with Gasteiger partial charge in [0.05, 0.1) is 16.1 Å². The SMILES string of the molecule is Cc1cc(C)c(C)c(S(=O)(=O)Nc2ccccc2C(=O)NCCc2ccc(O)c(O)c2)c1C. The largest absolute Gasteiger partial charge is 0.504 e. The zero-order chi connectivity index (χ0) is 24.3. The van der Waals surface area contributed by atoms with Crippen molar-refractivity contribution in [3.8, 4) is 11.5 Å². The Morgan fingerprint density at radius 3 is 2.15 bits per heavy atom. The summed E-state index contributed by atoms with van der Waals surface area (Å²) in [5, 5.41) is 21.8. The van der Waals surface area contributed by atoms with Crippen molar-refractivity contribution in [2.45, 2.75) is 39.0 Å². The van der Waals surface area contributed by atoms with Crippen molar-refractivity contribution in [3.05, 3.63) is 81.9 Å². The topological polar surface area (TPSA) is 116 Å². The molecule has 0 aliphatic rings. The first-order chi connectivity index (χ1) is 15.5. The lowest BCUT2D eigenvalue weighted by Crippen LogP contribution is -2.27. The lowest BCUT2D eigenvalue weighted by atomic mass is 10.0. The Labute approximate surface area is 194 Å². The van der Waals surface area contributed by atoms with E-state index in [9.17, 15) is 23.4 Å². The summed E-state index contributed by atoms with van der Waals surface area (Å²) in [5.41, 5.74) is 4.23. The van der Waals surface area contributed by atoms with Gasteiger partial charge in [0.15, 0.2) is 11.5 Å². The van der Waals surface area contributed by atoms with E-state index in [0.717, 1.165) is 16.7 Å². The van der Waals surface area contributed by atoms with Crippen molar-refractivity contribution >= 4 is 21.6 Å². The molecule has 7 nitrogen and oxygen atoms in total. The van der Waals surface area contributed by atoms with E-state index >= 15 is 0 Å². The molecule has 0 aliphatic heterocycles. The van der Waals surface area contributed by atoms with Gasteiger partial charge in [-0.2, -0.15) is 0 Å². The number of carbonyl (C=O) groups is 1. The highest BCUT2D eigenvalue weighted by Crippen LogP contribution is 2.29. The lowest BCUT2D eigenvalue weighted by molar-refractivity contribution is 0.0955. The minimum atomic E-state index is -3.93. The van der Waals surface area contributed by atoms with Crippen molar-refractivity contribution in [1.82, 2.24) is 5.32 Å². The molecular weight excluding hydrogens is 440 g/mol. The summed E-state index contributed by atoms with van der Waals surface area (Å²) in [4.78, 5) is 13.0. The van der Waals surface area contributed by atoms with Gasteiger partial charge in [0, 0.05) is 6.54 Å². The van der Waals surface area contributed by atoms with E-state index in [-0.39, 0.29) is 34.2 Å². The van der Waals surface area contributed by atoms with Crippen LogP contribution in [-0.2, 0) is 16.4 Å². The normalized spacial score (nSPS) is 11.3. The fourth-order valence-electron chi connectivity index (χ4n) is 3.69. The number of para-hydroxylation sites is 1. The van der Waals surface area contributed by atoms with Crippen LogP contribution in [0.5, 0.6) is 11.5 Å². The molecule has 1 amide bonds. The second-order valence-corrected chi connectivity index (χ2v) is 9.69. The molecule has 0 radical (unpaired) electrons. The average molecular weight is 469 g/mol. The molecule has 3 rings (SSSR count). The van der Waals surface area contributed by atoms with Gasteiger partial charge in [-0.1, -0.05) is 24.3 Å². The Balaban J connectivity index is 1.80. The van der Waals surface area contributed by atoms with E-state index in [1.54, 1.807) is 44.2 Å². The summed E-state index contributed by atoms with van der Waals surface area (Å²) in [5.74, 6) is -0.862. The van der Waals surface area contributed by atoms with Crippen molar-refractivity contribution in [2.24, 2.45) is 0 Å². The first-order valence-electron chi connectivity index (χ1n) is 10.5. The molecule has 0 spiro atoms. The molecule has 3 aromatic rings. The molecule has 3 aromatic carbocycles. The Morgan fingerprint density at radius 1 is 0.879 bits per heavy atom. The van der Waals surface area contributed by atoms with Gasteiger partial charge in [0.25, 0.3) is 15.9 Å². The highest BCUT2D eigenvalue weighted by Gasteiger charge is 2.24. The maximum absolute atomic E-state index is 13.3. The van der Waals surface area contributed by atoms with Gasteiger partial charge in [0.1, 0.15) is 0 Å². The summed E-state index contributed by atoms with van der Waals surface area (Å²) in [6.45, 7) is 7.55. The van der Waals surface area contributed by atoms with Crippen molar-refractivity contribution < 1.29 is 23.4 Å².